The van der Waals surface area contributed by atoms with Gasteiger partial charge in [-0.25, -0.2) is 0 Å². The van der Waals surface area contributed by atoms with Gasteiger partial charge in [0, 0.05) is 17.0 Å². The van der Waals surface area contributed by atoms with Crippen LogP contribution in [0.1, 0.15) is 37.7 Å². The number of likely N-dealkylation sites (N-methyl/N-ethyl adjacent to an activating group) is 1. The number of halogens is 1. The fourth-order valence-corrected chi connectivity index (χ4v) is 3.49. The summed E-state index contributed by atoms with van der Waals surface area (Å²) in [5.74, 6) is 0.0458. The van der Waals surface area contributed by atoms with Gasteiger partial charge in [-0.05, 0) is 31.5 Å². The summed E-state index contributed by atoms with van der Waals surface area (Å²) in [5.41, 5.74) is 1.19. The van der Waals surface area contributed by atoms with Crippen LogP contribution < -0.4 is 10.6 Å². The first-order valence-corrected chi connectivity index (χ1v) is 7.72. The highest BCUT2D eigenvalue weighted by atomic mass is 35.5. The van der Waals surface area contributed by atoms with Crippen molar-refractivity contribution in [2.75, 3.05) is 20.1 Å². The molecule has 0 heterocycles. The number of rotatable bonds is 5. The van der Waals surface area contributed by atoms with E-state index in [9.17, 15) is 4.79 Å². The van der Waals surface area contributed by atoms with E-state index in [4.69, 9.17) is 11.6 Å². The van der Waals surface area contributed by atoms with Gasteiger partial charge >= 0.3 is 0 Å². The van der Waals surface area contributed by atoms with Gasteiger partial charge in [0.1, 0.15) is 0 Å². The molecule has 1 aliphatic carbocycles. The van der Waals surface area contributed by atoms with E-state index in [0.29, 0.717) is 13.1 Å². The van der Waals surface area contributed by atoms with E-state index in [0.717, 1.165) is 17.9 Å². The number of hydrogen-bond donors (Lipinski definition) is 2. The lowest BCUT2D eigenvalue weighted by Crippen LogP contribution is -2.44. The van der Waals surface area contributed by atoms with Crippen LogP contribution in [0, 0.1) is 0 Å². The van der Waals surface area contributed by atoms with Crippen molar-refractivity contribution < 1.29 is 4.79 Å². The average molecular weight is 295 g/mol. The second-order valence-electron chi connectivity index (χ2n) is 5.63. The quantitative estimate of drug-likeness (QED) is 0.877. The molecule has 0 radical (unpaired) electrons. The lowest BCUT2D eigenvalue weighted by molar-refractivity contribution is -0.120. The molecule has 1 amide bonds. The number of nitrogens with one attached hydrogen (secondary N) is 2. The van der Waals surface area contributed by atoms with Crippen molar-refractivity contribution in [3.63, 3.8) is 0 Å². The van der Waals surface area contributed by atoms with Crippen molar-refractivity contribution in [3.05, 3.63) is 34.9 Å². The van der Waals surface area contributed by atoms with Gasteiger partial charge in [0.15, 0.2) is 0 Å². The lowest BCUT2D eigenvalue weighted by Gasteiger charge is -2.38. The summed E-state index contributed by atoms with van der Waals surface area (Å²) >= 11 is 6.40. The van der Waals surface area contributed by atoms with Crippen molar-refractivity contribution in [3.8, 4) is 0 Å². The van der Waals surface area contributed by atoms with Crippen LogP contribution in [-0.4, -0.2) is 26.0 Å². The summed E-state index contributed by atoms with van der Waals surface area (Å²) < 4.78 is 0. The summed E-state index contributed by atoms with van der Waals surface area (Å²) in [4.78, 5) is 11.7. The molecule has 20 heavy (non-hydrogen) atoms. The van der Waals surface area contributed by atoms with Crippen molar-refractivity contribution in [2.24, 2.45) is 0 Å². The van der Waals surface area contributed by atoms with Crippen LogP contribution >= 0.6 is 11.6 Å². The smallest absolute Gasteiger partial charge is 0.233 e. The largest absolute Gasteiger partial charge is 0.354 e. The second-order valence-corrected chi connectivity index (χ2v) is 6.04. The van der Waals surface area contributed by atoms with E-state index in [-0.39, 0.29) is 11.3 Å². The number of amides is 1. The van der Waals surface area contributed by atoms with Crippen LogP contribution in [0.5, 0.6) is 0 Å². The van der Waals surface area contributed by atoms with Crippen LogP contribution in [0.4, 0.5) is 0 Å². The second kappa shape index (κ2) is 7.09. The summed E-state index contributed by atoms with van der Waals surface area (Å²) in [6.07, 6.45) is 5.87. The Bertz CT molecular complexity index is 456. The van der Waals surface area contributed by atoms with Gasteiger partial charge in [-0.1, -0.05) is 49.1 Å². The first kappa shape index (κ1) is 15.3. The van der Waals surface area contributed by atoms with Crippen LogP contribution in [0.3, 0.4) is 0 Å². The predicted octanol–water partition coefficient (Wildman–Crippen LogP) is 2.88. The molecule has 1 fully saturated rings. The highest BCUT2D eigenvalue weighted by Gasteiger charge is 2.35. The van der Waals surface area contributed by atoms with Gasteiger partial charge in [0.2, 0.25) is 5.91 Å². The van der Waals surface area contributed by atoms with E-state index in [1.54, 1.807) is 7.05 Å². The summed E-state index contributed by atoms with van der Waals surface area (Å²) in [6, 6.07) is 8.05. The topological polar surface area (TPSA) is 41.1 Å². The highest BCUT2D eigenvalue weighted by Crippen LogP contribution is 2.41. The molecule has 1 saturated carbocycles. The molecule has 2 rings (SSSR count). The number of carbonyl (C=O) groups excluding carboxylic acids is 1. The Morgan fingerprint density at radius 3 is 2.60 bits per heavy atom. The Morgan fingerprint density at radius 1 is 1.25 bits per heavy atom. The molecule has 0 bridgehead atoms. The standard InChI is InChI=1S/C16H23ClN2O/c1-18-11-15(20)19-12-16(9-5-2-6-10-16)13-7-3-4-8-14(13)17/h3-4,7-8,18H,2,5-6,9-12H2,1H3,(H,19,20). The van der Waals surface area contributed by atoms with Gasteiger partial charge in [-0.15, -0.1) is 0 Å². The third-order valence-corrected chi connectivity index (χ3v) is 4.55. The maximum absolute atomic E-state index is 11.7. The first-order valence-electron chi connectivity index (χ1n) is 7.34. The maximum Gasteiger partial charge on any atom is 0.233 e. The van der Waals surface area contributed by atoms with Crippen LogP contribution in [0.15, 0.2) is 24.3 Å². The Kier molecular flexibility index (Phi) is 5.44. The minimum atomic E-state index is -0.00000520. The zero-order valence-electron chi connectivity index (χ0n) is 12.0. The highest BCUT2D eigenvalue weighted by molar-refractivity contribution is 6.31. The Labute approximate surface area is 126 Å². The molecule has 0 aliphatic heterocycles. The first-order chi connectivity index (χ1) is 9.68. The maximum atomic E-state index is 11.7. The predicted molar refractivity (Wildman–Crippen MR) is 83.2 cm³/mol. The van der Waals surface area contributed by atoms with E-state index in [1.807, 2.05) is 18.2 Å². The Morgan fingerprint density at radius 2 is 1.95 bits per heavy atom. The van der Waals surface area contributed by atoms with Crippen molar-refractivity contribution in [1.29, 1.82) is 0 Å². The molecule has 0 saturated heterocycles. The van der Waals surface area contributed by atoms with E-state index in [1.165, 1.54) is 24.8 Å². The van der Waals surface area contributed by atoms with Crippen LogP contribution in [-0.2, 0) is 10.2 Å². The summed E-state index contributed by atoms with van der Waals surface area (Å²) in [7, 11) is 1.78. The molecule has 110 valence electrons. The molecular formula is C16H23ClN2O. The van der Waals surface area contributed by atoms with Gasteiger partial charge in [0.05, 0.1) is 6.54 Å². The molecule has 1 aromatic rings. The van der Waals surface area contributed by atoms with Gasteiger partial charge in [-0.3, -0.25) is 4.79 Å². The molecule has 0 aromatic heterocycles. The Balaban J connectivity index is 2.18. The molecule has 4 heteroatoms. The normalized spacial score (nSPS) is 17.7. The average Bonchev–Trinajstić information content (AvgIpc) is 2.47. The molecule has 0 unspecified atom stereocenters. The van der Waals surface area contributed by atoms with E-state index >= 15 is 0 Å². The van der Waals surface area contributed by atoms with Crippen LogP contribution in [0.2, 0.25) is 5.02 Å². The summed E-state index contributed by atoms with van der Waals surface area (Å²) in [5, 5.41) is 6.76. The molecule has 0 spiro atoms. The zero-order valence-corrected chi connectivity index (χ0v) is 12.8. The molecule has 1 aromatic carbocycles. The van der Waals surface area contributed by atoms with Gasteiger partial charge in [-0.2, -0.15) is 0 Å². The third kappa shape index (κ3) is 3.53. The van der Waals surface area contributed by atoms with Crippen molar-refractivity contribution in [2.45, 2.75) is 37.5 Å². The number of benzene rings is 1. The molecule has 0 atom stereocenters. The number of hydrogen-bond acceptors (Lipinski definition) is 2. The van der Waals surface area contributed by atoms with Crippen molar-refractivity contribution in [1.82, 2.24) is 10.6 Å². The molecular weight excluding hydrogens is 272 g/mol. The fourth-order valence-electron chi connectivity index (χ4n) is 3.15. The third-order valence-electron chi connectivity index (χ3n) is 4.22. The fraction of sp³-hybridized carbons (Fsp3) is 0.562. The van der Waals surface area contributed by atoms with Gasteiger partial charge in [0.25, 0.3) is 0 Å². The minimum Gasteiger partial charge on any atom is -0.354 e. The monoisotopic (exact) mass is 294 g/mol. The van der Waals surface area contributed by atoms with E-state index in [2.05, 4.69) is 16.7 Å². The number of carbonyl (C=O) groups is 1. The van der Waals surface area contributed by atoms with Crippen molar-refractivity contribution >= 4 is 17.5 Å². The Hall–Kier alpha value is -1.06. The molecule has 2 N–H and O–H groups in total. The van der Waals surface area contributed by atoms with Crippen LogP contribution in [0.25, 0.3) is 0 Å². The zero-order chi connectivity index (χ0) is 14.4. The molecule has 3 nitrogen and oxygen atoms in total. The minimum absolute atomic E-state index is 0.00000520. The summed E-state index contributed by atoms with van der Waals surface area (Å²) in [6.45, 7) is 1.04. The van der Waals surface area contributed by atoms with Gasteiger partial charge < -0.3 is 10.6 Å². The lowest BCUT2D eigenvalue weighted by atomic mass is 9.69. The molecule has 1 aliphatic rings. The SMILES string of the molecule is CNCC(=O)NCC1(c2ccccc2Cl)CCCCC1. The van der Waals surface area contributed by atoms with E-state index < -0.39 is 0 Å².